The molecule has 3 nitrogen and oxygen atoms in total. The minimum atomic E-state index is -0.473. The molecule has 2 aromatic carbocycles. The van der Waals surface area contributed by atoms with Gasteiger partial charge in [-0.25, -0.2) is 4.39 Å². The molecule has 0 bridgehead atoms. The number of nitriles is 1. The van der Waals surface area contributed by atoms with Crippen LogP contribution >= 0.6 is 0 Å². The average Bonchev–Trinajstić information content (AvgIpc) is 2.42. The summed E-state index contributed by atoms with van der Waals surface area (Å²) in [4.78, 5) is 0. The number of rotatable bonds is 3. The summed E-state index contributed by atoms with van der Waals surface area (Å²) in [5.74, 6) is -0.292. The molecule has 4 heteroatoms. The maximum atomic E-state index is 13.7. The predicted octanol–water partition coefficient (Wildman–Crippen LogP) is 3.48. The molecule has 0 saturated carbocycles. The maximum Gasteiger partial charge on any atom is 0.167 e. The molecule has 2 aromatic rings. The predicted molar refractivity (Wildman–Crippen MR) is 75.8 cm³/mol. The third-order valence-corrected chi connectivity index (χ3v) is 3.18. The van der Waals surface area contributed by atoms with Gasteiger partial charge in [-0.2, -0.15) is 5.26 Å². The maximum absolute atomic E-state index is 13.7. The van der Waals surface area contributed by atoms with Gasteiger partial charge in [0.2, 0.25) is 0 Å². The Balaban J connectivity index is 2.17. The Hall–Kier alpha value is -2.54. The van der Waals surface area contributed by atoms with E-state index in [1.807, 2.05) is 13.0 Å². The molecular formula is C16H15FN2O. The van der Waals surface area contributed by atoms with Crippen molar-refractivity contribution in [1.82, 2.24) is 0 Å². The van der Waals surface area contributed by atoms with Crippen molar-refractivity contribution in [2.45, 2.75) is 20.5 Å². The molecule has 102 valence electrons. The van der Waals surface area contributed by atoms with Gasteiger partial charge in [0.05, 0.1) is 11.6 Å². The van der Waals surface area contributed by atoms with Crippen LogP contribution in [0.2, 0.25) is 0 Å². The lowest BCUT2D eigenvalue weighted by atomic mass is 10.1. The molecule has 0 aliphatic carbocycles. The molecule has 0 aromatic heterocycles. The van der Waals surface area contributed by atoms with Gasteiger partial charge in [0.1, 0.15) is 6.61 Å². The fourth-order valence-corrected chi connectivity index (χ4v) is 1.86. The van der Waals surface area contributed by atoms with E-state index in [9.17, 15) is 4.39 Å². The second kappa shape index (κ2) is 5.62. The number of benzene rings is 2. The van der Waals surface area contributed by atoms with Crippen LogP contribution in [0.4, 0.5) is 10.1 Å². The van der Waals surface area contributed by atoms with E-state index >= 15 is 0 Å². The van der Waals surface area contributed by atoms with E-state index in [2.05, 4.69) is 6.07 Å². The summed E-state index contributed by atoms with van der Waals surface area (Å²) >= 11 is 0. The number of anilines is 1. The molecule has 0 amide bonds. The van der Waals surface area contributed by atoms with Crippen LogP contribution in [-0.4, -0.2) is 0 Å². The molecule has 0 unspecified atom stereocenters. The number of nitrogen functional groups attached to an aromatic ring is 1. The molecule has 0 aliphatic rings. The van der Waals surface area contributed by atoms with Gasteiger partial charge in [-0.3, -0.25) is 0 Å². The molecule has 0 aliphatic heterocycles. The van der Waals surface area contributed by atoms with Gasteiger partial charge in [0.25, 0.3) is 0 Å². The van der Waals surface area contributed by atoms with Crippen LogP contribution in [0.15, 0.2) is 30.3 Å². The van der Waals surface area contributed by atoms with Gasteiger partial charge >= 0.3 is 0 Å². The minimum Gasteiger partial charge on any atom is -0.486 e. The van der Waals surface area contributed by atoms with E-state index in [4.69, 9.17) is 15.7 Å². The topological polar surface area (TPSA) is 59.0 Å². The van der Waals surface area contributed by atoms with Crippen molar-refractivity contribution in [3.63, 3.8) is 0 Å². The van der Waals surface area contributed by atoms with Crippen molar-refractivity contribution >= 4 is 5.69 Å². The molecule has 0 spiro atoms. The number of hydrogen-bond acceptors (Lipinski definition) is 3. The highest BCUT2D eigenvalue weighted by molar-refractivity contribution is 5.50. The highest BCUT2D eigenvalue weighted by Gasteiger charge is 2.08. The van der Waals surface area contributed by atoms with Crippen LogP contribution in [0.25, 0.3) is 0 Å². The zero-order valence-electron chi connectivity index (χ0n) is 11.4. The smallest absolute Gasteiger partial charge is 0.167 e. The first-order valence-electron chi connectivity index (χ1n) is 6.19. The van der Waals surface area contributed by atoms with Crippen molar-refractivity contribution in [2.24, 2.45) is 0 Å². The Morgan fingerprint density at radius 1 is 1.20 bits per heavy atom. The van der Waals surface area contributed by atoms with E-state index in [0.717, 1.165) is 16.7 Å². The Labute approximate surface area is 117 Å². The summed E-state index contributed by atoms with van der Waals surface area (Å²) < 4.78 is 19.2. The molecule has 2 N–H and O–H groups in total. The lowest BCUT2D eigenvalue weighted by Crippen LogP contribution is -2.01. The molecule has 0 radical (unpaired) electrons. The normalized spacial score (nSPS) is 10.1. The Bertz CT molecular complexity index is 690. The van der Waals surface area contributed by atoms with Crippen molar-refractivity contribution in [3.05, 3.63) is 58.4 Å². The van der Waals surface area contributed by atoms with Gasteiger partial charge in [-0.05, 0) is 48.7 Å². The fourth-order valence-electron chi connectivity index (χ4n) is 1.86. The Morgan fingerprint density at radius 2 is 1.95 bits per heavy atom. The number of nitrogens with two attached hydrogens (primary N) is 1. The Morgan fingerprint density at radius 3 is 2.60 bits per heavy atom. The zero-order valence-corrected chi connectivity index (χ0v) is 11.4. The number of aryl methyl sites for hydroxylation is 2. The summed E-state index contributed by atoms with van der Waals surface area (Å²) in [6, 6.07) is 10.2. The van der Waals surface area contributed by atoms with Crippen LogP contribution in [0.3, 0.4) is 0 Å². The van der Waals surface area contributed by atoms with E-state index in [0.29, 0.717) is 11.3 Å². The number of nitrogens with zero attached hydrogens (tertiary/aromatic N) is 1. The Kier molecular flexibility index (Phi) is 3.90. The SMILES string of the molecule is Cc1cc(OCc2ccc(C#N)cc2C)c(F)cc1N. The first kappa shape index (κ1) is 13.9. The third-order valence-electron chi connectivity index (χ3n) is 3.18. The monoisotopic (exact) mass is 270 g/mol. The third kappa shape index (κ3) is 2.89. The molecular weight excluding hydrogens is 255 g/mol. The van der Waals surface area contributed by atoms with Crippen LogP contribution in [0.5, 0.6) is 5.75 Å². The molecule has 0 fully saturated rings. The van der Waals surface area contributed by atoms with E-state index in [1.54, 1.807) is 25.1 Å². The van der Waals surface area contributed by atoms with E-state index in [1.165, 1.54) is 6.07 Å². The summed E-state index contributed by atoms with van der Waals surface area (Å²) in [6.45, 7) is 3.94. The number of hydrogen-bond donors (Lipinski definition) is 1. The van der Waals surface area contributed by atoms with E-state index in [-0.39, 0.29) is 12.4 Å². The summed E-state index contributed by atoms with van der Waals surface area (Å²) in [5.41, 5.74) is 9.26. The summed E-state index contributed by atoms with van der Waals surface area (Å²) in [6.07, 6.45) is 0. The molecule has 0 atom stereocenters. The highest BCUT2D eigenvalue weighted by Crippen LogP contribution is 2.24. The number of ether oxygens (including phenoxy) is 1. The van der Waals surface area contributed by atoms with Gasteiger partial charge in [-0.15, -0.1) is 0 Å². The second-order valence-corrected chi connectivity index (χ2v) is 4.68. The summed E-state index contributed by atoms with van der Waals surface area (Å²) in [7, 11) is 0. The highest BCUT2D eigenvalue weighted by atomic mass is 19.1. The zero-order chi connectivity index (χ0) is 14.7. The van der Waals surface area contributed by atoms with Crippen LogP contribution in [0, 0.1) is 31.0 Å². The van der Waals surface area contributed by atoms with Gasteiger partial charge in [0, 0.05) is 11.8 Å². The van der Waals surface area contributed by atoms with Crippen molar-refractivity contribution in [3.8, 4) is 11.8 Å². The first-order chi connectivity index (χ1) is 9.51. The lowest BCUT2D eigenvalue weighted by Gasteiger charge is -2.11. The van der Waals surface area contributed by atoms with E-state index < -0.39 is 5.82 Å². The molecule has 20 heavy (non-hydrogen) atoms. The second-order valence-electron chi connectivity index (χ2n) is 4.68. The lowest BCUT2D eigenvalue weighted by molar-refractivity contribution is 0.289. The fraction of sp³-hybridized carbons (Fsp3) is 0.188. The molecule has 0 saturated heterocycles. The van der Waals surface area contributed by atoms with Crippen LogP contribution in [0.1, 0.15) is 22.3 Å². The first-order valence-corrected chi connectivity index (χ1v) is 6.19. The van der Waals surface area contributed by atoms with Gasteiger partial charge < -0.3 is 10.5 Å². The largest absolute Gasteiger partial charge is 0.486 e. The molecule has 0 heterocycles. The number of halogens is 1. The van der Waals surface area contributed by atoms with Gasteiger partial charge in [-0.1, -0.05) is 6.07 Å². The van der Waals surface area contributed by atoms with Crippen LogP contribution in [-0.2, 0) is 6.61 Å². The minimum absolute atomic E-state index is 0.181. The standard InChI is InChI=1S/C16H15FN2O/c1-10-5-12(8-18)3-4-13(10)9-20-16-6-11(2)15(19)7-14(16)17/h3-7H,9,19H2,1-2H3. The van der Waals surface area contributed by atoms with Crippen LogP contribution < -0.4 is 10.5 Å². The average molecular weight is 270 g/mol. The molecule has 2 rings (SSSR count). The van der Waals surface area contributed by atoms with Crippen molar-refractivity contribution in [1.29, 1.82) is 5.26 Å². The summed E-state index contributed by atoms with van der Waals surface area (Å²) in [5, 5.41) is 8.81. The van der Waals surface area contributed by atoms with Gasteiger partial charge in [0.15, 0.2) is 11.6 Å². The van der Waals surface area contributed by atoms with Crippen molar-refractivity contribution in [2.75, 3.05) is 5.73 Å². The quantitative estimate of drug-likeness (QED) is 0.869. The van der Waals surface area contributed by atoms with Crippen molar-refractivity contribution < 1.29 is 9.13 Å².